The molecule has 4 heteroatoms. The van der Waals surface area contributed by atoms with Gasteiger partial charge in [-0.3, -0.25) is 0 Å². The van der Waals surface area contributed by atoms with Crippen LogP contribution in [0.15, 0.2) is 69.8 Å². The number of hydrogen-bond donors (Lipinski definition) is 0. The fourth-order valence-electron chi connectivity index (χ4n) is 2.54. The monoisotopic (exact) mass is 352 g/mol. The first-order valence-corrected chi connectivity index (χ1v) is 7.81. The summed E-state index contributed by atoms with van der Waals surface area (Å²) in [6.45, 7) is 2.06. The molecule has 3 nitrogen and oxygen atoms in total. The molecule has 0 radical (unpaired) electrons. The summed E-state index contributed by atoms with van der Waals surface area (Å²) < 4.78 is 9.03. The number of hydrogen-bond acceptors (Lipinski definition) is 2. The number of halogens is 1. The molecule has 22 heavy (non-hydrogen) atoms. The van der Waals surface area contributed by atoms with Crippen LogP contribution in [-0.2, 0) is 0 Å². The molecule has 0 aliphatic carbocycles. The maximum absolute atomic E-state index is 5.92. The van der Waals surface area contributed by atoms with Crippen molar-refractivity contribution in [2.45, 2.75) is 6.92 Å². The Hall–Kier alpha value is -2.33. The number of aromatic nitrogens is 2. The maximum atomic E-state index is 5.92. The molecule has 0 spiro atoms. The number of rotatable bonds is 2. The molecule has 0 aliphatic heterocycles. The van der Waals surface area contributed by atoms with E-state index in [2.05, 4.69) is 32.4 Å². The average molecular weight is 353 g/mol. The summed E-state index contributed by atoms with van der Waals surface area (Å²) in [5, 5.41) is 0. The first-order valence-electron chi connectivity index (χ1n) is 7.02. The minimum atomic E-state index is 0.651. The second-order valence-electron chi connectivity index (χ2n) is 5.17. The van der Waals surface area contributed by atoms with Crippen LogP contribution in [-0.4, -0.2) is 9.55 Å². The fourth-order valence-corrected chi connectivity index (χ4v) is 2.90. The molecule has 2 heterocycles. The quantitative estimate of drug-likeness (QED) is 0.486. The molecule has 0 saturated carbocycles. The van der Waals surface area contributed by atoms with Crippen LogP contribution in [0, 0.1) is 6.92 Å². The van der Waals surface area contributed by atoms with Crippen LogP contribution >= 0.6 is 15.9 Å². The predicted octanol–water partition coefficient (Wildman–Crippen LogP) is 5.36. The predicted molar refractivity (Wildman–Crippen MR) is 91.2 cm³/mol. The van der Waals surface area contributed by atoms with E-state index >= 15 is 0 Å². The van der Waals surface area contributed by atoms with Crippen molar-refractivity contribution in [3.05, 3.63) is 71.0 Å². The molecule has 2 aromatic carbocycles. The summed E-state index contributed by atoms with van der Waals surface area (Å²) in [5.41, 5.74) is 4.86. The second kappa shape index (κ2) is 5.14. The van der Waals surface area contributed by atoms with Gasteiger partial charge >= 0.3 is 0 Å². The van der Waals surface area contributed by atoms with Crippen LogP contribution in [0.2, 0.25) is 0 Å². The van der Waals surface area contributed by atoms with Crippen molar-refractivity contribution in [1.29, 1.82) is 0 Å². The third-order valence-corrected chi connectivity index (χ3v) is 4.63. The van der Waals surface area contributed by atoms with Crippen LogP contribution in [0.25, 0.3) is 28.2 Å². The van der Waals surface area contributed by atoms with Gasteiger partial charge < -0.3 is 8.98 Å². The highest BCUT2D eigenvalue weighted by Crippen LogP contribution is 2.31. The minimum Gasteiger partial charge on any atom is -0.436 e. The Labute approximate surface area is 136 Å². The Kier molecular flexibility index (Phi) is 3.12. The molecule has 0 atom stereocenters. The van der Waals surface area contributed by atoms with Gasteiger partial charge in [-0.15, -0.1) is 0 Å². The van der Waals surface area contributed by atoms with Crippen molar-refractivity contribution in [2.24, 2.45) is 0 Å². The van der Waals surface area contributed by atoms with Crippen LogP contribution in [0.1, 0.15) is 5.56 Å². The molecule has 0 fully saturated rings. The Balaban J connectivity index is 1.86. The van der Waals surface area contributed by atoms with Gasteiger partial charge in [-0.05, 0) is 55.0 Å². The third-order valence-electron chi connectivity index (χ3n) is 3.77. The van der Waals surface area contributed by atoms with Gasteiger partial charge in [0.25, 0.3) is 0 Å². The van der Waals surface area contributed by atoms with Gasteiger partial charge in [0.1, 0.15) is 5.52 Å². The number of nitrogens with zero attached hydrogens (tertiary/aromatic N) is 2. The average Bonchev–Trinajstić information content (AvgIpc) is 3.17. The zero-order valence-electron chi connectivity index (χ0n) is 12.0. The van der Waals surface area contributed by atoms with Crippen molar-refractivity contribution in [1.82, 2.24) is 9.55 Å². The SMILES string of the molecule is Cc1c(Br)cccc1-c1nc2cc(-n3cccc3)ccc2o1. The molecule has 0 aliphatic rings. The van der Waals surface area contributed by atoms with Gasteiger partial charge in [-0.1, -0.05) is 22.0 Å². The molecule has 0 amide bonds. The van der Waals surface area contributed by atoms with E-state index in [0.29, 0.717) is 5.89 Å². The summed E-state index contributed by atoms with van der Waals surface area (Å²) in [7, 11) is 0. The third kappa shape index (κ3) is 2.16. The van der Waals surface area contributed by atoms with Crippen molar-refractivity contribution in [3.8, 4) is 17.1 Å². The van der Waals surface area contributed by atoms with Crippen LogP contribution in [0.5, 0.6) is 0 Å². The van der Waals surface area contributed by atoms with E-state index in [1.807, 2.05) is 60.9 Å². The Morgan fingerprint density at radius 1 is 1.05 bits per heavy atom. The van der Waals surface area contributed by atoms with Gasteiger partial charge in [-0.25, -0.2) is 4.98 Å². The highest BCUT2D eigenvalue weighted by atomic mass is 79.9. The summed E-state index contributed by atoms with van der Waals surface area (Å²) in [5.74, 6) is 0.651. The van der Waals surface area contributed by atoms with Gasteiger partial charge in [0, 0.05) is 28.1 Å². The lowest BCUT2D eigenvalue weighted by molar-refractivity contribution is 0.619. The lowest BCUT2D eigenvalue weighted by Gasteiger charge is -2.02. The van der Waals surface area contributed by atoms with Crippen LogP contribution < -0.4 is 0 Å². The summed E-state index contributed by atoms with van der Waals surface area (Å²) >= 11 is 3.55. The molecule has 4 aromatic rings. The lowest BCUT2D eigenvalue weighted by atomic mass is 10.1. The highest BCUT2D eigenvalue weighted by molar-refractivity contribution is 9.10. The summed E-state index contributed by atoms with van der Waals surface area (Å²) in [4.78, 5) is 4.65. The fraction of sp³-hybridized carbons (Fsp3) is 0.0556. The molecule has 0 saturated heterocycles. The van der Waals surface area contributed by atoms with Crippen molar-refractivity contribution in [3.63, 3.8) is 0 Å². The van der Waals surface area contributed by atoms with Crippen LogP contribution in [0.4, 0.5) is 0 Å². The van der Waals surface area contributed by atoms with Gasteiger partial charge in [0.2, 0.25) is 5.89 Å². The zero-order valence-corrected chi connectivity index (χ0v) is 13.5. The first kappa shape index (κ1) is 13.3. The Morgan fingerprint density at radius 2 is 1.86 bits per heavy atom. The van der Waals surface area contributed by atoms with Gasteiger partial charge in [0.15, 0.2) is 5.58 Å². The Bertz CT molecular complexity index is 955. The Morgan fingerprint density at radius 3 is 2.68 bits per heavy atom. The smallest absolute Gasteiger partial charge is 0.227 e. The largest absolute Gasteiger partial charge is 0.436 e. The maximum Gasteiger partial charge on any atom is 0.227 e. The number of benzene rings is 2. The standard InChI is InChI=1S/C18H13BrN2O/c1-12-14(5-4-6-15(12)19)18-20-16-11-13(7-8-17(16)22-18)21-9-2-3-10-21/h2-11H,1H3. The molecular weight excluding hydrogens is 340 g/mol. The van der Waals surface area contributed by atoms with E-state index < -0.39 is 0 Å². The van der Waals surface area contributed by atoms with E-state index in [0.717, 1.165) is 32.4 Å². The first-order chi connectivity index (χ1) is 10.7. The van der Waals surface area contributed by atoms with E-state index in [9.17, 15) is 0 Å². The van der Waals surface area contributed by atoms with Gasteiger partial charge in [-0.2, -0.15) is 0 Å². The molecule has 108 valence electrons. The molecular formula is C18H13BrN2O. The highest BCUT2D eigenvalue weighted by Gasteiger charge is 2.12. The van der Waals surface area contributed by atoms with E-state index in [1.165, 1.54) is 0 Å². The number of fused-ring (bicyclic) bond motifs is 1. The zero-order chi connectivity index (χ0) is 15.1. The second-order valence-corrected chi connectivity index (χ2v) is 6.03. The van der Waals surface area contributed by atoms with E-state index in [4.69, 9.17) is 4.42 Å². The molecule has 4 rings (SSSR count). The summed E-state index contributed by atoms with van der Waals surface area (Å²) in [6.07, 6.45) is 4.03. The molecule has 0 bridgehead atoms. The summed E-state index contributed by atoms with van der Waals surface area (Å²) in [6, 6.07) is 16.1. The number of oxazole rings is 1. The molecule has 0 unspecified atom stereocenters. The van der Waals surface area contributed by atoms with E-state index in [-0.39, 0.29) is 0 Å². The minimum absolute atomic E-state index is 0.651. The van der Waals surface area contributed by atoms with Crippen molar-refractivity contribution in [2.75, 3.05) is 0 Å². The topological polar surface area (TPSA) is 31.0 Å². The lowest BCUT2D eigenvalue weighted by Crippen LogP contribution is -1.88. The van der Waals surface area contributed by atoms with Crippen molar-refractivity contribution >= 4 is 27.0 Å². The molecule has 0 N–H and O–H groups in total. The van der Waals surface area contributed by atoms with E-state index in [1.54, 1.807) is 0 Å². The van der Waals surface area contributed by atoms with Crippen molar-refractivity contribution < 1.29 is 4.42 Å². The normalized spacial score (nSPS) is 11.2. The van der Waals surface area contributed by atoms with Gasteiger partial charge in [0.05, 0.1) is 0 Å². The molecule has 2 aromatic heterocycles. The van der Waals surface area contributed by atoms with Crippen LogP contribution in [0.3, 0.4) is 0 Å².